The Morgan fingerprint density at radius 2 is 1.79 bits per heavy atom. The van der Waals surface area contributed by atoms with Gasteiger partial charge in [0, 0.05) is 12.7 Å². The molecular weight excluding hydrogens is 192 g/mol. The first kappa shape index (κ1) is 11.0. The third-order valence-corrected chi connectivity index (χ3v) is 2.84. The van der Waals surface area contributed by atoms with E-state index < -0.39 is 0 Å². The summed E-state index contributed by atoms with van der Waals surface area (Å²) in [6, 6.07) is 4.16. The van der Waals surface area contributed by atoms with E-state index in [0.29, 0.717) is 5.11 Å². The van der Waals surface area contributed by atoms with Gasteiger partial charge in [0.2, 0.25) is 0 Å². The molecule has 1 aromatic carbocycles. The molecule has 0 aliphatic heterocycles. The van der Waals surface area contributed by atoms with E-state index >= 15 is 0 Å². The molecule has 1 aromatic rings. The normalized spacial score (nSPS) is 9.71. The monoisotopic (exact) mass is 208 g/mol. The summed E-state index contributed by atoms with van der Waals surface area (Å²) in [5, 5.41) is 6.69. The van der Waals surface area contributed by atoms with Crippen LogP contribution in [0.1, 0.15) is 16.7 Å². The fraction of sp³-hybridized carbons (Fsp3) is 0.364. The highest BCUT2D eigenvalue weighted by Gasteiger charge is 2.03. The van der Waals surface area contributed by atoms with Crippen LogP contribution in [0.2, 0.25) is 0 Å². The second kappa shape index (κ2) is 4.42. The molecule has 0 saturated heterocycles. The fourth-order valence-corrected chi connectivity index (χ4v) is 1.39. The van der Waals surface area contributed by atoms with Crippen molar-refractivity contribution in [2.45, 2.75) is 20.8 Å². The highest BCUT2D eigenvalue weighted by molar-refractivity contribution is 7.80. The van der Waals surface area contributed by atoms with Gasteiger partial charge in [0.15, 0.2) is 5.11 Å². The molecule has 0 amide bonds. The first-order valence-corrected chi connectivity index (χ1v) is 5.02. The number of rotatable bonds is 1. The number of hydrogen-bond acceptors (Lipinski definition) is 1. The SMILES string of the molecule is CNC(=S)Nc1ccc(C)c(C)c1C. The van der Waals surface area contributed by atoms with Gasteiger partial charge in [0.25, 0.3) is 0 Å². The maximum absolute atomic E-state index is 5.05. The van der Waals surface area contributed by atoms with Crippen molar-refractivity contribution in [3.05, 3.63) is 28.8 Å². The average molecular weight is 208 g/mol. The predicted octanol–water partition coefficient (Wildman–Crippen LogP) is 2.53. The molecular formula is C11H16N2S. The van der Waals surface area contributed by atoms with Crippen LogP contribution in [0.4, 0.5) is 5.69 Å². The number of thiocarbonyl (C=S) groups is 1. The maximum atomic E-state index is 5.05. The van der Waals surface area contributed by atoms with E-state index in [1.165, 1.54) is 16.7 Å². The van der Waals surface area contributed by atoms with Gasteiger partial charge in [0.05, 0.1) is 0 Å². The summed E-state index contributed by atoms with van der Waals surface area (Å²) in [7, 11) is 1.81. The zero-order chi connectivity index (χ0) is 10.7. The smallest absolute Gasteiger partial charge is 0.170 e. The Bertz CT molecular complexity index is 359. The lowest BCUT2D eigenvalue weighted by Crippen LogP contribution is -2.24. The highest BCUT2D eigenvalue weighted by Crippen LogP contribution is 2.21. The van der Waals surface area contributed by atoms with Crippen molar-refractivity contribution in [1.82, 2.24) is 5.32 Å². The molecule has 0 unspecified atom stereocenters. The number of hydrogen-bond donors (Lipinski definition) is 2. The Kier molecular flexibility index (Phi) is 3.47. The minimum atomic E-state index is 0.649. The van der Waals surface area contributed by atoms with E-state index in [0.717, 1.165) is 5.69 Å². The van der Waals surface area contributed by atoms with Crippen molar-refractivity contribution in [3.8, 4) is 0 Å². The fourth-order valence-electron chi connectivity index (χ4n) is 1.28. The predicted molar refractivity (Wildman–Crippen MR) is 65.9 cm³/mol. The third-order valence-electron chi connectivity index (χ3n) is 2.53. The van der Waals surface area contributed by atoms with E-state index in [1.54, 1.807) is 0 Å². The molecule has 2 nitrogen and oxygen atoms in total. The molecule has 0 atom stereocenters. The van der Waals surface area contributed by atoms with Crippen LogP contribution in [0.25, 0.3) is 0 Å². The molecule has 1 rings (SSSR count). The summed E-state index contributed by atoms with van der Waals surface area (Å²) in [4.78, 5) is 0. The molecule has 0 saturated carbocycles. The summed E-state index contributed by atoms with van der Waals surface area (Å²) in [6.07, 6.45) is 0. The minimum Gasteiger partial charge on any atom is -0.366 e. The number of benzene rings is 1. The quantitative estimate of drug-likeness (QED) is 0.694. The molecule has 0 aliphatic carbocycles. The van der Waals surface area contributed by atoms with Crippen molar-refractivity contribution in [1.29, 1.82) is 0 Å². The Hall–Kier alpha value is -1.09. The van der Waals surface area contributed by atoms with Crippen LogP contribution in [-0.2, 0) is 0 Å². The summed E-state index contributed by atoms with van der Waals surface area (Å²) in [6.45, 7) is 6.34. The molecule has 0 aromatic heterocycles. The van der Waals surface area contributed by atoms with Gasteiger partial charge in [-0.15, -0.1) is 0 Å². The Morgan fingerprint density at radius 3 is 2.36 bits per heavy atom. The number of anilines is 1. The van der Waals surface area contributed by atoms with Gasteiger partial charge < -0.3 is 10.6 Å². The Morgan fingerprint density at radius 1 is 1.14 bits per heavy atom. The zero-order valence-electron chi connectivity index (χ0n) is 9.06. The van der Waals surface area contributed by atoms with Gasteiger partial charge in [-0.2, -0.15) is 0 Å². The Balaban J connectivity index is 3.00. The van der Waals surface area contributed by atoms with E-state index in [4.69, 9.17) is 12.2 Å². The summed E-state index contributed by atoms with van der Waals surface area (Å²) in [5.41, 5.74) is 4.95. The van der Waals surface area contributed by atoms with Gasteiger partial charge >= 0.3 is 0 Å². The molecule has 0 bridgehead atoms. The van der Waals surface area contributed by atoms with Crippen molar-refractivity contribution in [2.24, 2.45) is 0 Å². The largest absolute Gasteiger partial charge is 0.366 e. The zero-order valence-corrected chi connectivity index (χ0v) is 9.88. The van der Waals surface area contributed by atoms with Crippen LogP contribution >= 0.6 is 12.2 Å². The van der Waals surface area contributed by atoms with Crippen LogP contribution in [0.15, 0.2) is 12.1 Å². The van der Waals surface area contributed by atoms with Crippen LogP contribution in [0.5, 0.6) is 0 Å². The van der Waals surface area contributed by atoms with Crippen molar-refractivity contribution >= 4 is 23.0 Å². The van der Waals surface area contributed by atoms with Crippen LogP contribution in [0.3, 0.4) is 0 Å². The molecule has 0 fully saturated rings. The second-order valence-electron chi connectivity index (χ2n) is 3.38. The molecule has 14 heavy (non-hydrogen) atoms. The lowest BCUT2D eigenvalue weighted by Gasteiger charge is -2.13. The summed E-state index contributed by atoms with van der Waals surface area (Å²) in [5.74, 6) is 0. The first-order chi connectivity index (χ1) is 6.56. The van der Waals surface area contributed by atoms with E-state index in [9.17, 15) is 0 Å². The van der Waals surface area contributed by atoms with E-state index in [-0.39, 0.29) is 0 Å². The maximum Gasteiger partial charge on any atom is 0.170 e. The molecule has 0 heterocycles. The first-order valence-electron chi connectivity index (χ1n) is 4.61. The van der Waals surface area contributed by atoms with Crippen LogP contribution < -0.4 is 10.6 Å². The minimum absolute atomic E-state index is 0.649. The van der Waals surface area contributed by atoms with E-state index in [2.05, 4.69) is 43.5 Å². The number of aryl methyl sites for hydroxylation is 1. The van der Waals surface area contributed by atoms with Gasteiger partial charge in [0.1, 0.15) is 0 Å². The van der Waals surface area contributed by atoms with Crippen molar-refractivity contribution < 1.29 is 0 Å². The van der Waals surface area contributed by atoms with Crippen molar-refractivity contribution in [3.63, 3.8) is 0 Å². The van der Waals surface area contributed by atoms with Gasteiger partial charge in [-0.25, -0.2) is 0 Å². The van der Waals surface area contributed by atoms with Gasteiger partial charge in [-0.3, -0.25) is 0 Å². The third kappa shape index (κ3) is 2.23. The molecule has 0 spiro atoms. The molecule has 0 radical (unpaired) electrons. The summed E-state index contributed by atoms with van der Waals surface area (Å²) >= 11 is 5.05. The topological polar surface area (TPSA) is 24.1 Å². The average Bonchev–Trinajstić information content (AvgIpc) is 2.19. The standard InChI is InChI=1S/C11H16N2S/c1-7-5-6-10(9(3)8(7)2)13-11(14)12-4/h5-6H,1-4H3,(H2,12,13,14). The van der Waals surface area contributed by atoms with Crippen LogP contribution in [-0.4, -0.2) is 12.2 Å². The van der Waals surface area contributed by atoms with Crippen molar-refractivity contribution in [2.75, 3.05) is 12.4 Å². The number of nitrogens with one attached hydrogen (secondary N) is 2. The van der Waals surface area contributed by atoms with Crippen LogP contribution in [0, 0.1) is 20.8 Å². The highest BCUT2D eigenvalue weighted by atomic mass is 32.1. The summed E-state index contributed by atoms with van der Waals surface area (Å²) < 4.78 is 0. The molecule has 2 N–H and O–H groups in total. The molecule has 76 valence electrons. The van der Waals surface area contributed by atoms with Gasteiger partial charge in [-0.1, -0.05) is 6.07 Å². The molecule has 0 aliphatic rings. The Labute approximate surface area is 90.7 Å². The molecule has 3 heteroatoms. The van der Waals surface area contributed by atoms with Gasteiger partial charge in [-0.05, 0) is 55.7 Å². The second-order valence-corrected chi connectivity index (χ2v) is 3.79. The van der Waals surface area contributed by atoms with E-state index in [1.807, 2.05) is 7.05 Å². The lowest BCUT2D eigenvalue weighted by atomic mass is 10.0. The lowest BCUT2D eigenvalue weighted by molar-refractivity contribution is 1.19.